The molecule has 5 heteroatoms. The molecule has 0 saturated heterocycles. The minimum Gasteiger partial charge on any atom is -0.349 e. The lowest BCUT2D eigenvalue weighted by Crippen LogP contribution is -2.34. The first-order valence-corrected chi connectivity index (χ1v) is 7.01. The number of halogens is 2. The topological polar surface area (TPSA) is 42.0 Å². The summed E-state index contributed by atoms with van der Waals surface area (Å²) in [5.74, 6) is -0.841. The van der Waals surface area contributed by atoms with Crippen molar-refractivity contribution in [3.05, 3.63) is 64.1 Å². The molecular weight excluding hydrogens is 323 g/mol. The van der Waals surface area contributed by atoms with Crippen LogP contribution in [-0.2, 0) is 6.42 Å². The van der Waals surface area contributed by atoms with Crippen molar-refractivity contribution >= 4 is 21.8 Å². The summed E-state index contributed by atoms with van der Waals surface area (Å²) in [6, 6.07) is 10.5. The second-order valence-corrected chi connectivity index (χ2v) is 5.49. The minimum atomic E-state index is -0.593. The molecule has 2 aromatic rings. The van der Waals surface area contributed by atoms with E-state index >= 15 is 0 Å². The lowest BCUT2D eigenvalue weighted by Gasteiger charge is -2.14. The first-order chi connectivity index (χ1) is 9.54. The lowest BCUT2D eigenvalue weighted by atomic mass is 10.1. The standard InChI is InChI=1S/C15H14BrFN2O/c1-10(8-11-2-5-13(16)6-3-11)19-15(20)12-4-7-14(17)18-9-12/h2-7,9-10H,8H2,1H3,(H,19,20). The molecule has 1 N–H and O–H groups in total. The number of benzene rings is 1. The maximum absolute atomic E-state index is 12.7. The average molecular weight is 337 g/mol. The molecule has 0 bridgehead atoms. The van der Waals surface area contributed by atoms with Gasteiger partial charge in [0.05, 0.1) is 5.56 Å². The van der Waals surface area contributed by atoms with Crippen LogP contribution in [0, 0.1) is 5.95 Å². The fourth-order valence-corrected chi connectivity index (χ4v) is 2.11. The van der Waals surface area contributed by atoms with Crippen molar-refractivity contribution in [1.29, 1.82) is 0 Å². The molecule has 0 aliphatic rings. The number of pyridine rings is 1. The van der Waals surface area contributed by atoms with Crippen LogP contribution in [0.1, 0.15) is 22.8 Å². The van der Waals surface area contributed by atoms with Crippen LogP contribution in [0.4, 0.5) is 4.39 Å². The molecule has 20 heavy (non-hydrogen) atoms. The Kier molecular flexibility index (Phi) is 4.84. The number of hydrogen-bond donors (Lipinski definition) is 1. The number of hydrogen-bond acceptors (Lipinski definition) is 2. The highest BCUT2D eigenvalue weighted by molar-refractivity contribution is 9.10. The molecular formula is C15H14BrFN2O. The first-order valence-electron chi connectivity index (χ1n) is 6.21. The fraction of sp³-hybridized carbons (Fsp3) is 0.200. The van der Waals surface area contributed by atoms with Gasteiger partial charge in [-0.05, 0) is 43.2 Å². The predicted molar refractivity (Wildman–Crippen MR) is 79.0 cm³/mol. The largest absolute Gasteiger partial charge is 0.349 e. The van der Waals surface area contributed by atoms with Gasteiger partial charge in [-0.2, -0.15) is 4.39 Å². The fourth-order valence-electron chi connectivity index (χ4n) is 1.84. The maximum Gasteiger partial charge on any atom is 0.253 e. The van der Waals surface area contributed by atoms with Crippen LogP contribution < -0.4 is 5.32 Å². The molecule has 2 rings (SSSR count). The summed E-state index contributed by atoms with van der Waals surface area (Å²) in [4.78, 5) is 15.4. The van der Waals surface area contributed by atoms with Gasteiger partial charge in [-0.25, -0.2) is 4.98 Å². The highest BCUT2D eigenvalue weighted by Gasteiger charge is 2.10. The summed E-state index contributed by atoms with van der Waals surface area (Å²) in [6.45, 7) is 1.93. The van der Waals surface area contributed by atoms with Crippen LogP contribution >= 0.6 is 15.9 Å². The van der Waals surface area contributed by atoms with Crippen LogP contribution in [0.2, 0.25) is 0 Å². The Morgan fingerprint density at radius 2 is 2.00 bits per heavy atom. The summed E-state index contributed by atoms with van der Waals surface area (Å²) in [5, 5.41) is 2.87. The molecule has 1 aromatic carbocycles. The van der Waals surface area contributed by atoms with Crippen molar-refractivity contribution in [2.45, 2.75) is 19.4 Å². The Hall–Kier alpha value is -1.75. The van der Waals surface area contributed by atoms with E-state index in [0.29, 0.717) is 5.56 Å². The van der Waals surface area contributed by atoms with Crippen LogP contribution in [0.5, 0.6) is 0 Å². The van der Waals surface area contributed by atoms with Crippen LogP contribution in [0.3, 0.4) is 0 Å². The highest BCUT2D eigenvalue weighted by Crippen LogP contribution is 2.12. The third kappa shape index (κ3) is 4.13. The van der Waals surface area contributed by atoms with Crippen LogP contribution in [-0.4, -0.2) is 16.9 Å². The summed E-state index contributed by atoms with van der Waals surface area (Å²) in [6.07, 6.45) is 1.96. The van der Waals surface area contributed by atoms with E-state index in [1.54, 1.807) is 0 Å². The van der Waals surface area contributed by atoms with E-state index in [4.69, 9.17) is 0 Å². The summed E-state index contributed by atoms with van der Waals surface area (Å²) in [5.41, 5.74) is 1.49. The van der Waals surface area contributed by atoms with Crippen molar-refractivity contribution in [2.75, 3.05) is 0 Å². The highest BCUT2D eigenvalue weighted by atomic mass is 79.9. The van der Waals surface area contributed by atoms with E-state index in [-0.39, 0.29) is 11.9 Å². The molecule has 0 spiro atoms. The normalized spacial score (nSPS) is 11.9. The number of amides is 1. The predicted octanol–water partition coefficient (Wildman–Crippen LogP) is 3.34. The SMILES string of the molecule is CC(Cc1ccc(Br)cc1)NC(=O)c1ccc(F)nc1. The molecule has 0 fully saturated rings. The van der Waals surface area contributed by atoms with E-state index in [1.165, 1.54) is 18.3 Å². The van der Waals surface area contributed by atoms with Gasteiger partial charge in [0.1, 0.15) is 0 Å². The molecule has 104 valence electrons. The van der Waals surface area contributed by atoms with Gasteiger partial charge in [0.15, 0.2) is 0 Å². The minimum absolute atomic E-state index is 0.0197. The van der Waals surface area contributed by atoms with Gasteiger partial charge in [0, 0.05) is 16.7 Å². The zero-order valence-electron chi connectivity index (χ0n) is 10.9. The number of carbonyl (C=O) groups is 1. The van der Waals surface area contributed by atoms with Crippen molar-refractivity contribution in [3.8, 4) is 0 Å². The zero-order valence-corrected chi connectivity index (χ0v) is 12.5. The van der Waals surface area contributed by atoms with Gasteiger partial charge >= 0.3 is 0 Å². The van der Waals surface area contributed by atoms with Crippen molar-refractivity contribution in [2.24, 2.45) is 0 Å². The van der Waals surface area contributed by atoms with Gasteiger partial charge in [0.25, 0.3) is 5.91 Å². The number of aromatic nitrogens is 1. The Morgan fingerprint density at radius 1 is 1.30 bits per heavy atom. The molecule has 0 aliphatic heterocycles. The Morgan fingerprint density at radius 3 is 2.60 bits per heavy atom. The molecule has 1 heterocycles. The first kappa shape index (κ1) is 14.7. The third-order valence-electron chi connectivity index (χ3n) is 2.82. The molecule has 1 aromatic heterocycles. The molecule has 1 unspecified atom stereocenters. The molecule has 3 nitrogen and oxygen atoms in total. The van der Waals surface area contributed by atoms with Crippen LogP contribution in [0.25, 0.3) is 0 Å². The number of carbonyl (C=O) groups excluding carboxylic acids is 1. The number of rotatable bonds is 4. The van der Waals surface area contributed by atoms with Gasteiger partial charge < -0.3 is 5.32 Å². The van der Waals surface area contributed by atoms with E-state index in [1.807, 2.05) is 31.2 Å². The summed E-state index contributed by atoms with van der Waals surface area (Å²) in [7, 11) is 0. The second-order valence-electron chi connectivity index (χ2n) is 4.57. The quantitative estimate of drug-likeness (QED) is 0.870. The molecule has 1 atom stereocenters. The van der Waals surface area contributed by atoms with E-state index in [0.717, 1.165) is 16.5 Å². The maximum atomic E-state index is 12.7. The van der Waals surface area contributed by atoms with Gasteiger partial charge in [-0.3, -0.25) is 4.79 Å². The third-order valence-corrected chi connectivity index (χ3v) is 3.35. The number of nitrogens with one attached hydrogen (secondary N) is 1. The summed E-state index contributed by atoms with van der Waals surface area (Å²) >= 11 is 3.38. The molecule has 0 radical (unpaired) electrons. The molecule has 0 saturated carbocycles. The Balaban J connectivity index is 1.93. The van der Waals surface area contributed by atoms with Gasteiger partial charge in [0.2, 0.25) is 5.95 Å². The number of nitrogens with zero attached hydrogens (tertiary/aromatic N) is 1. The van der Waals surface area contributed by atoms with Gasteiger partial charge in [-0.1, -0.05) is 28.1 Å². The van der Waals surface area contributed by atoms with Crippen LogP contribution in [0.15, 0.2) is 47.1 Å². The summed E-state index contributed by atoms with van der Waals surface area (Å²) < 4.78 is 13.7. The second kappa shape index (κ2) is 6.61. The average Bonchev–Trinajstić information content (AvgIpc) is 2.42. The van der Waals surface area contributed by atoms with Crippen molar-refractivity contribution in [3.63, 3.8) is 0 Å². The van der Waals surface area contributed by atoms with Crippen molar-refractivity contribution in [1.82, 2.24) is 10.3 Å². The van der Waals surface area contributed by atoms with Crippen molar-refractivity contribution < 1.29 is 9.18 Å². The van der Waals surface area contributed by atoms with E-state index in [2.05, 4.69) is 26.2 Å². The van der Waals surface area contributed by atoms with Gasteiger partial charge in [-0.15, -0.1) is 0 Å². The molecule has 0 aliphatic carbocycles. The lowest BCUT2D eigenvalue weighted by molar-refractivity contribution is 0.0939. The monoisotopic (exact) mass is 336 g/mol. The zero-order chi connectivity index (χ0) is 14.5. The van der Waals surface area contributed by atoms with E-state index in [9.17, 15) is 9.18 Å². The van der Waals surface area contributed by atoms with E-state index < -0.39 is 5.95 Å². The Labute approximate surface area is 125 Å². The Bertz CT molecular complexity index is 584. The smallest absolute Gasteiger partial charge is 0.253 e. The molecule has 1 amide bonds.